The number of H-pyrrole nitrogens is 1. The lowest BCUT2D eigenvalue weighted by atomic mass is 9.98. The summed E-state index contributed by atoms with van der Waals surface area (Å²) in [5.41, 5.74) is 10.0. The predicted molar refractivity (Wildman–Crippen MR) is 155 cm³/mol. The highest BCUT2D eigenvalue weighted by molar-refractivity contribution is 6.30. The number of rotatable bonds is 7. The molecule has 196 valence electrons. The molecule has 2 aromatic carbocycles. The monoisotopic (exact) mass is 536 g/mol. The molecule has 6 rings (SSSR count). The summed E-state index contributed by atoms with van der Waals surface area (Å²) in [6.07, 6.45) is 8.63. The van der Waals surface area contributed by atoms with E-state index in [2.05, 4.69) is 94.1 Å². The molecule has 2 aliphatic rings. The summed E-state index contributed by atoms with van der Waals surface area (Å²) < 4.78 is 1.65. The van der Waals surface area contributed by atoms with Crippen LogP contribution in [0.3, 0.4) is 0 Å². The molecule has 2 aliphatic heterocycles. The van der Waals surface area contributed by atoms with Crippen molar-refractivity contribution in [1.82, 2.24) is 35.1 Å². The first kappa shape index (κ1) is 24.9. The molecule has 9 heteroatoms. The van der Waals surface area contributed by atoms with Gasteiger partial charge in [-0.1, -0.05) is 43.8 Å². The van der Waals surface area contributed by atoms with Gasteiger partial charge in [0, 0.05) is 44.6 Å². The van der Waals surface area contributed by atoms with Crippen molar-refractivity contribution in [3.05, 3.63) is 113 Å². The van der Waals surface area contributed by atoms with Crippen LogP contribution in [0, 0.1) is 6.92 Å². The van der Waals surface area contributed by atoms with Gasteiger partial charge in [-0.15, -0.1) is 5.10 Å². The lowest BCUT2D eigenvalue weighted by Crippen LogP contribution is -2.23. The smallest absolute Gasteiger partial charge is 0.143 e. The van der Waals surface area contributed by atoms with Crippen LogP contribution in [0.2, 0.25) is 5.02 Å². The zero-order valence-electron chi connectivity index (χ0n) is 21.9. The zero-order valence-corrected chi connectivity index (χ0v) is 22.7. The lowest BCUT2D eigenvalue weighted by molar-refractivity contribution is 0.366. The third-order valence-electron chi connectivity index (χ3n) is 7.24. The lowest BCUT2D eigenvalue weighted by Gasteiger charge is -2.31. The Bertz CT molecular complexity index is 1630. The molecule has 1 fully saturated rings. The fraction of sp³-hybridized carbons (Fsp3) is 0.200. The third-order valence-corrected chi connectivity index (χ3v) is 7.47. The van der Waals surface area contributed by atoms with Gasteiger partial charge in [-0.3, -0.25) is 0 Å². The average molecular weight is 537 g/mol. The second-order valence-electron chi connectivity index (χ2n) is 9.82. The number of hydrogen-bond acceptors (Lipinski definition) is 6. The fourth-order valence-corrected chi connectivity index (χ4v) is 5.45. The van der Waals surface area contributed by atoms with Gasteiger partial charge in [-0.25, -0.2) is 4.98 Å². The second kappa shape index (κ2) is 10.0. The molecule has 0 spiro atoms. The predicted octanol–water partition coefficient (Wildman–Crippen LogP) is 6.98. The molecular weight excluding hydrogens is 508 g/mol. The molecular formula is C30H29ClN8. The van der Waals surface area contributed by atoms with E-state index in [-0.39, 0.29) is 6.04 Å². The maximum Gasteiger partial charge on any atom is 0.143 e. The molecule has 2 aromatic heterocycles. The number of benzene rings is 2. The van der Waals surface area contributed by atoms with Crippen molar-refractivity contribution >= 4 is 22.9 Å². The van der Waals surface area contributed by atoms with E-state index in [1.165, 1.54) is 5.70 Å². The van der Waals surface area contributed by atoms with Crippen LogP contribution in [0.5, 0.6) is 0 Å². The normalized spacial score (nSPS) is 16.6. The van der Waals surface area contributed by atoms with Crippen molar-refractivity contribution in [2.24, 2.45) is 0 Å². The third kappa shape index (κ3) is 4.68. The molecule has 2 N–H and O–H groups in total. The molecule has 0 amide bonds. The number of allylic oxidation sites excluding steroid dienone is 5. The molecule has 0 saturated carbocycles. The van der Waals surface area contributed by atoms with Crippen LogP contribution in [0.4, 0.5) is 5.69 Å². The number of hydrogen-bond donors (Lipinski definition) is 2. The fourth-order valence-electron chi connectivity index (χ4n) is 5.28. The van der Waals surface area contributed by atoms with Gasteiger partial charge >= 0.3 is 0 Å². The Hall–Kier alpha value is -4.43. The number of imidazole rings is 1. The number of fused-ring (bicyclic) bond motifs is 1. The number of nitrogens with zero attached hydrogens (tertiary/aromatic N) is 6. The van der Waals surface area contributed by atoms with Crippen molar-refractivity contribution < 1.29 is 0 Å². The summed E-state index contributed by atoms with van der Waals surface area (Å²) in [4.78, 5) is 10.9. The zero-order chi connectivity index (χ0) is 27.1. The quantitative estimate of drug-likeness (QED) is 0.265. The summed E-state index contributed by atoms with van der Waals surface area (Å²) in [5.74, 6) is 0.947. The number of nitrogens with one attached hydrogen (secondary N) is 2. The number of anilines is 1. The van der Waals surface area contributed by atoms with Gasteiger partial charge in [0.15, 0.2) is 0 Å². The minimum absolute atomic E-state index is 0.0844. The first-order valence-corrected chi connectivity index (χ1v) is 13.3. The highest BCUT2D eigenvalue weighted by atomic mass is 35.5. The molecule has 1 atom stereocenters. The summed E-state index contributed by atoms with van der Waals surface area (Å²) in [7, 11) is 0. The van der Waals surface area contributed by atoms with Crippen LogP contribution in [0.1, 0.15) is 49.3 Å². The topological polar surface area (TPSA) is 87.6 Å². The standard InChI is InChI=1S/C30H29ClN8/c1-5-18(2)33-24-9-6-21(7-10-24)29-20(4)34-30(35-29)28-13-11-25-15-22(14-19(3)39(25)28)26-16-23(31)8-12-27(26)38-17-32-36-37-38/h6-10,12,14-17,28,33H,2-3,5,11,13H2,1,4H3,(H,34,35). The van der Waals surface area contributed by atoms with Crippen LogP contribution in [0.25, 0.3) is 22.5 Å². The molecule has 0 radical (unpaired) electrons. The van der Waals surface area contributed by atoms with Gasteiger partial charge in [-0.05, 0) is 84.7 Å². The van der Waals surface area contributed by atoms with Crippen LogP contribution in [-0.4, -0.2) is 35.1 Å². The van der Waals surface area contributed by atoms with Gasteiger partial charge in [0.25, 0.3) is 0 Å². The van der Waals surface area contributed by atoms with E-state index < -0.39 is 0 Å². The first-order valence-electron chi connectivity index (χ1n) is 13.0. The Morgan fingerprint density at radius 1 is 1.18 bits per heavy atom. The highest BCUT2D eigenvalue weighted by Crippen LogP contribution is 2.45. The average Bonchev–Trinajstić information content (AvgIpc) is 3.69. The van der Waals surface area contributed by atoms with Gasteiger partial charge in [0.1, 0.15) is 12.2 Å². The number of aromatic amines is 1. The van der Waals surface area contributed by atoms with Gasteiger partial charge in [0.05, 0.1) is 17.4 Å². The molecule has 8 nitrogen and oxygen atoms in total. The van der Waals surface area contributed by atoms with Crippen molar-refractivity contribution in [3.8, 4) is 16.9 Å². The van der Waals surface area contributed by atoms with E-state index in [0.29, 0.717) is 5.02 Å². The Kier molecular flexibility index (Phi) is 6.40. The number of aromatic nitrogens is 6. The van der Waals surface area contributed by atoms with Crippen LogP contribution in [-0.2, 0) is 0 Å². The van der Waals surface area contributed by atoms with Gasteiger partial charge in [-0.2, -0.15) is 4.68 Å². The highest BCUT2D eigenvalue weighted by Gasteiger charge is 2.35. The van der Waals surface area contributed by atoms with E-state index in [1.807, 2.05) is 18.2 Å². The van der Waals surface area contributed by atoms with E-state index in [9.17, 15) is 0 Å². The van der Waals surface area contributed by atoms with Gasteiger partial charge in [0.2, 0.25) is 0 Å². The Morgan fingerprint density at radius 2 is 2.00 bits per heavy atom. The largest absolute Gasteiger partial charge is 0.359 e. The molecule has 0 aliphatic carbocycles. The molecule has 39 heavy (non-hydrogen) atoms. The van der Waals surface area contributed by atoms with Gasteiger partial charge < -0.3 is 15.2 Å². The van der Waals surface area contributed by atoms with E-state index in [4.69, 9.17) is 16.6 Å². The number of aryl methyl sites for hydroxylation is 1. The van der Waals surface area contributed by atoms with Crippen molar-refractivity contribution in [2.45, 2.75) is 39.2 Å². The summed E-state index contributed by atoms with van der Waals surface area (Å²) in [6, 6.07) is 14.1. The maximum absolute atomic E-state index is 6.39. The van der Waals surface area contributed by atoms with E-state index in [0.717, 1.165) is 75.9 Å². The number of tetrazole rings is 1. The summed E-state index contributed by atoms with van der Waals surface area (Å²) in [6.45, 7) is 12.6. The SMILES string of the molecule is C=C(CC)Nc1ccc(-c2nc(C3CCC4=CC(c5cc(Cl)ccc5-n5cnnn5)=CC(=C)N43)[nH]c2C)cc1. The van der Waals surface area contributed by atoms with Crippen molar-refractivity contribution in [2.75, 3.05) is 5.32 Å². The minimum Gasteiger partial charge on any atom is -0.359 e. The molecule has 1 unspecified atom stereocenters. The number of halogens is 1. The molecule has 4 heterocycles. The van der Waals surface area contributed by atoms with Crippen LogP contribution < -0.4 is 5.32 Å². The van der Waals surface area contributed by atoms with Crippen molar-refractivity contribution in [1.29, 1.82) is 0 Å². The van der Waals surface area contributed by atoms with Crippen LogP contribution >= 0.6 is 11.6 Å². The Labute approximate surface area is 232 Å². The van der Waals surface area contributed by atoms with Crippen molar-refractivity contribution in [3.63, 3.8) is 0 Å². The van der Waals surface area contributed by atoms with E-state index in [1.54, 1.807) is 11.0 Å². The maximum atomic E-state index is 6.39. The molecule has 4 aromatic rings. The van der Waals surface area contributed by atoms with E-state index >= 15 is 0 Å². The summed E-state index contributed by atoms with van der Waals surface area (Å²) in [5, 5.41) is 15.6. The Balaban J connectivity index is 1.27. The molecule has 1 saturated heterocycles. The minimum atomic E-state index is 0.0844. The molecule has 0 bridgehead atoms. The second-order valence-corrected chi connectivity index (χ2v) is 10.3. The summed E-state index contributed by atoms with van der Waals surface area (Å²) >= 11 is 6.39. The first-order chi connectivity index (χ1) is 18.9. The Morgan fingerprint density at radius 3 is 2.74 bits per heavy atom. The van der Waals surface area contributed by atoms with Crippen LogP contribution in [0.15, 0.2) is 91.2 Å².